The number of benzene rings is 1. The Balaban J connectivity index is 2.39. The second-order valence-corrected chi connectivity index (χ2v) is 19.0. The molecule has 0 radical (unpaired) electrons. The second kappa shape index (κ2) is 7.84. The first-order valence-corrected chi connectivity index (χ1v) is 17.6. The monoisotopic (exact) mass is 446 g/mol. The first kappa shape index (κ1) is 14.7. The zero-order valence-corrected chi connectivity index (χ0v) is 17.2. The summed E-state index contributed by atoms with van der Waals surface area (Å²) in [6.45, 7) is 0. The van der Waals surface area contributed by atoms with E-state index in [1.807, 2.05) is 8.24 Å². The van der Waals surface area contributed by atoms with Gasteiger partial charge in [-0.25, -0.2) is 0 Å². The molecule has 86 valence electrons. The molecule has 0 N–H and O–H groups in total. The van der Waals surface area contributed by atoms with Gasteiger partial charge in [-0.1, -0.05) is 0 Å². The SMILES string of the molecule is CO[Si](C[S][Hg][c]1ccccc1)(OC)OC. The maximum absolute atomic E-state index is 5.38. The molecule has 6 heteroatoms. The molecule has 0 saturated carbocycles. The van der Waals surface area contributed by atoms with Gasteiger partial charge in [0.25, 0.3) is 0 Å². The molecule has 0 bridgehead atoms. The van der Waals surface area contributed by atoms with Crippen LogP contribution in [0.4, 0.5) is 0 Å². The van der Waals surface area contributed by atoms with Crippen molar-refractivity contribution in [2.45, 2.75) is 0 Å². The summed E-state index contributed by atoms with van der Waals surface area (Å²) in [7, 11) is 4.64. The Morgan fingerprint density at radius 1 is 1.06 bits per heavy atom. The third-order valence-corrected chi connectivity index (χ3v) is 22.2. The van der Waals surface area contributed by atoms with Crippen LogP contribution in [0, 0.1) is 0 Å². The van der Waals surface area contributed by atoms with E-state index in [1.165, 1.54) is 3.07 Å². The van der Waals surface area contributed by atoms with Crippen LogP contribution in [0.15, 0.2) is 30.3 Å². The van der Waals surface area contributed by atoms with Gasteiger partial charge in [0.1, 0.15) is 0 Å². The molecule has 1 aromatic rings. The van der Waals surface area contributed by atoms with Crippen LogP contribution in [0.5, 0.6) is 0 Å². The molecule has 0 aliphatic carbocycles. The summed E-state index contributed by atoms with van der Waals surface area (Å²) < 4.78 is 17.7. The zero-order chi connectivity index (χ0) is 11.9. The molecule has 0 aromatic heterocycles. The second-order valence-electron chi connectivity index (χ2n) is 3.27. The van der Waals surface area contributed by atoms with Crippen LogP contribution >= 0.6 is 8.24 Å². The number of hydrogen-bond acceptors (Lipinski definition) is 4. The van der Waals surface area contributed by atoms with Crippen molar-refractivity contribution in [1.82, 2.24) is 0 Å². The molecule has 0 fully saturated rings. The van der Waals surface area contributed by atoms with E-state index in [0.29, 0.717) is 0 Å². The molecule has 0 spiro atoms. The predicted octanol–water partition coefficient (Wildman–Crippen LogP) is 1.46. The molecule has 0 unspecified atom stereocenters. The summed E-state index contributed by atoms with van der Waals surface area (Å²) >= 11 is -1.06. The molecule has 1 rings (SSSR count). The quantitative estimate of drug-likeness (QED) is 0.595. The molecule has 0 amide bonds. The Morgan fingerprint density at radius 2 is 1.62 bits per heavy atom. The summed E-state index contributed by atoms with van der Waals surface area (Å²) in [6.07, 6.45) is 0. The average molecular weight is 445 g/mol. The van der Waals surface area contributed by atoms with Crippen LogP contribution in [0.1, 0.15) is 0 Å². The molecule has 3 nitrogen and oxygen atoms in total. The van der Waals surface area contributed by atoms with E-state index in [4.69, 9.17) is 13.3 Å². The summed E-state index contributed by atoms with van der Waals surface area (Å²) in [4.78, 5) is 0. The van der Waals surface area contributed by atoms with Gasteiger partial charge in [0.05, 0.1) is 0 Å². The van der Waals surface area contributed by atoms with Gasteiger partial charge in [-0.15, -0.1) is 0 Å². The van der Waals surface area contributed by atoms with Crippen LogP contribution in [-0.4, -0.2) is 35.5 Å². The van der Waals surface area contributed by atoms with Gasteiger partial charge >= 0.3 is 113 Å². The summed E-state index contributed by atoms with van der Waals surface area (Å²) in [5.41, 5.74) is 0. The first-order chi connectivity index (χ1) is 7.76. The Bertz CT molecular complexity index is 287. The molecule has 0 heterocycles. The van der Waals surface area contributed by atoms with E-state index in [9.17, 15) is 0 Å². The van der Waals surface area contributed by atoms with Crippen molar-refractivity contribution < 1.29 is 36.3 Å². The van der Waals surface area contributed by atoms with Crippen molar-refractivity contribution in [3.63, 3.8) is 0 Å². The van der Waals surface area contributed by atoms with Crippen LogP contribution in [-0.2, 0) is 36.3 Å². The standard InChI is InChI=1S/C6H5.C4H12O3SSi.Hg/c1-2-4-6-5-3-1;1-5-9(4-8,6-2)7-3;/h1-5H;8H,4H2,1-3H3;/q;;+1/p-1. The fraction of sp³-hybridized carbons (Fsp3) is 0.400. The van der Waals surface area contributed by atoms with Crippen molar-refractivity contribution in [1.29, 1.82) is 0 Å². The molecule has 0 atom stereocenters. The van der Waals surface area contributed by atoms with E-state index in [0.717, 1.165) is 5.38 Å². The van der Waals surface area contributed by atoms with Crippen LogP contribution in [0.2, 0.25) is 0 Å². The van der Waals surface area contributed by atoms with Crippen molar-refractivity contribution >= 4 is 20.1 Å². The van der Waals surface area contributed by atoms with E-state index < -0.39 is 31.9 Å². The molecule has 0 saturated heterocycles. The molecule has 0 aliphatic rings. The zero-order valence-electron chi connectivity index (χ0n) is 9.93. The van der Waals surface area contributed by atoms with Crippen molar-refractivity contribution in [3.8, 4) is 0 Å². The first-order valence-electron chi connectivity index (χ1n) is 5.03. The van der Waals surface area contributed by atoms with Crippen LogP contribution in [0.25, 0.3) is 0 Å². The number of rotatable bonds is 7. The van der Waals surface area contributed by atoms with E-state index in [-0.39, 0.29) is 0 Å². The molecule has 16 heavy (non-hydrogen) atoms. The molecule has 0 aliphatic heterocycles. The normalized spacial score (nSPS) is 11.2. The fourth-order valence-electron chi connectivity index (χ4n) is 1.29. The number of hydrogen-bond donors (Lipinski definition) is 0. The van der Waals surface area contributed by atoms with Crippen LogP contribution < -0.4 is 3.07 Å². The minimum atomic E-state index is -2.35. The van der Waals surface area contributed by atoms with Crippen LogP contribution in [0.3, 0.4) is 0 Å². The van der Waals surface area contributed by atoms with Gasteiger partial charge in [-0.05, 0) is 0 Å². The minimum absolute atomic E-state index is 0.868. The maximum atomic E-state index is 5.38. The molecular weight excluding hydrogens is 429 g/mol. The Labute approximate surface area is 113 Å². The van der Waals surface area contributed by atoms with Gasteiger partial charge in [-0.3, -0.25) is 0 Å². The van der Waals surface area contributed by atoms with E-state index in [1.54, 1.807) is 21.3 Å². The van der Waals surface area contributed by atoms with Gasteiger partial charge < -0.3 is 0 Å². The Hall–Kier alpha value is 0.602. The predicted molar refractivity (Wildman–Crippen MR) is 65.3 cm³/mol. The summed E-state index contributed by atoms with van der Waals surface area (Å²) in [6, 6.07) is 10.7. The van der Waals surface area contributed by atoms with E-state index >= 15 is 0 Å². The molecular formula is C10H16HgO3SSi. The van der Waals surface area contributed by atoms with Crippen molar-refractivity contribution in [2.75, 3.05) is 26.7 Å². The molecule has 1 aromatic carbocycles. The topological polar surface area (TPSA) is 27.7 Å². The van der Waals surface area contributed by atoms with Crippen molar-refractivity contribution in [2.24, 2.45) is 0 Å². The summed E-state index contributed by atoms with van der Waals surface area (Å²) in [5.74, 6) is 0. The average Bonchev–Trinajstić information content (AvgIpc) is 2.37. The Morgan fingerprint density at radius 3 is 2.12 bits per heavy atom. The third-order valence-electron chi connectivity index (χ3n) is 2.32. The van der Waals surface area contributed by atoms with Crippen molar-refractivity contribution in [3.05, 3.63) is 30.3 Å². The van der Waals surface area contributed by atoms with Gasteiger partial charge in [-0.2, -0.15) is 0 Å². The van der Waals surface area contributed by atoms with Gasteiger partial charge in [0.15, 0.2) is 0 Å². The Kier molecular flexibility index (Phi) is 7.18. The third kappa shape index (κ3) is 4.46. The van der Waals surface area contributed by atoms with E-state index in [2.05, 4.69) is 30.3 Å². The van der Waals surface area contributed by atoms with Gasteiger partial charge in [0.2, 0.25) is 0 Å². The fourth-order valence-corrected chi connectivity index (χ4v) is 23.4. The van der Waals surface area contributed by atoms with Gasteiger partial charge in [0, 0.05) is 0 Å². The summed E-state index contributed by atoms with van der Waals surface area (Å²) in [5, 5.41) is 0.868.